The highest BCUT2D eigenvalue weighted by Crippen LogP contribution is 2.54. The van der Waals surface area contributed by atoms with E-state index in [4.69, 9.17) is 52.1 Å². The van der Waals surface area contributed by atoms with Crippen molar-refractivity contribution in [3.8, 4) is 34.5 Å². The second-order valence-corrected chi connectivity index (χ2v) is 21.2. The van der Waals surface area contributed by atoms with E-state index >= 15 is 0 Å². The normalized spacial score (nSPS) is 12.6. The molecule has 10 heteroatoms. The van der Waals surface area contributed by atoms with Gasteiger partial charge >= 0.3 is 0 Å². The van der Waals surface area contributed by atoms with Crippen LogP contribution >= 0.6 is 23.2 Å². The zero-order valence-electron chi connectivity index (χ0n) is 43.8. The van der Waals surface area contributed by atoms with Gasteiger partial charge in [0.05, 0.1) is 35.0 Å². The van der Waals surface area contributed by atoms with Gasteiger partial charge in [-0.05, 0) is 37.8 Å². The molecule has 0 amide bonds. The molecule has 4 heterocycles. The van der Waals surface area contributed by atoms with Gasteiger partial charge in [-0.1, -0.05) is 216 Å². The van der Waals surface area contributed by atoms with Crippen molar-refractivity contribution in [2.24, 2.45) is 9.98 Å². The van der Waals surface area contributed by atoms with Gasteiger partial charge in [-0.3, -0.25) is 0 Å². The Morgan fingerprint density at radius 2 is 0.764 bits per heavy atom. The number of nitrogens with zero attached hydrogens (tertiary/aromatic N) is 4. The summed E-state index contributed by atoms with van der Waals surface area (Å²) in [5.74, 6) is 3.31. The second kappa shape index (κ2) is 25.3. The molecule has 9 rings (SSSR count). The quantitative estimate of drug-likeness (QED) is 0.0421. The molecule has 0 atom stereocenters. The van der Waals surface area contributed by atoms with Gasteiger partial charge in [0.1, 0.15) is 32.1 Å². The van der Waals surface area contributed by atoms with Crippen molar-refractivity contribution in [1.29, 1.82) is 0 Å². The molecule has 0 unspecified atom stereocenters. The summed E-state index contributed by atoms with van der Waals surface area (Å²) in [6.45, 7) is 12.0. The van der Waals surface area contributed by atoms with Crippen LogP contribution in [-0.2, 0) is 13.1 Å². The smallest absolute Gasteiger partial charge is 0.175 e. The van der Waals surface area contributed by atoms with E-state index in [0.717, 1.165) is 95.2 Å². The van der Waals surface area contributed by atoms with Crippen LogP contribution in [0.15, 0.2) is 70.6 Å². The fraction of sp³-hybridized carbons (Fsp3) is 0.516. The number of hydrogen-bond donors (Lipinski definition) is 0. The summed E-state index contributed by atoms with van der Waals surface area (Å²) in [4.78, 5) is 10.8. The van der Waals surface area contributed by atoms with Gasteiger partial charge in [0.25, 0.3) is 0 Å². The number of halogens is 2. The average Bonchev–Trinajstić information content (AvgIpc) is 3.90. The van der Waals surface area contributed by atoms with Crippen LogP contribution in [0.3, 0.4) is 0 Å². The van der Waals surface area contributed by atoms with Crippen molar-refractivity contribution in [3.63, 3.8) is 0 Å². The summed E-state index contributed by atoms with van der Waals surface area (Å²) >= 11 is 15.2. The molecule has 0 N–H and O–H groups in total. The van der Waals surface area contributed by atoms with Crippen LogP contribution in [0.2, 0.25) is 10.0 Å². The highest BCUT2D eigenvalue weighted by molar-refractivity contribution is 6.35. The molecule has 7 aromatic rings. The maximum atomic E-state index is 7.60. The molecule has 2 aliphatic heterocycles. The number of unbranched alkanes of at least 4 members (excludes halogenated alkanes) is 20. The lowest BCUT2D eigenvalue weighted by molar-refractivity contribution is 0.303. The first-order valence-corrected chi connectivity index (χ1v) is 29.0. The number of benzene rings is 5. The molecule has 384 valence electrons. The Labute approximate surface area is 438 Å². The molecule has 5 aromatic carbocycles. The summed E-state index contributed by atoms with van der Waals surface area (Å²) in [5, 5.41) is 5.57. The van der Waals surface area contributed by atoms with Crippen molar-refractivity contribution in [3.05, 3.63) is 81.4 Å². The largest absolute Gasteiger partial charge is 0.491 e. The lowest BCUT2D eigenvalue weighted by Crippen LogP contribution is -2.22. The number of aromatic nitrogens is 2. The summed E-state index contributed by atoms with van der Waals surface area (Å²) in [5.41, 5.74) is 5.67. The second-order valence-electron chi connectivity index (χ2n) is 20.4. The molecule has 2 aromatic heterocycles. The maximum Gasteiger partial charge on any atom is 0.175 e. The molecule has 72 heavy (non-hydrogen) atoms. The molecule has 8 nitrogen and oxygen atoms in total. The molecule has 0 saturated heterocycles. The predicted octanol–water partition coefficient (Wildman–Crippen LogP) is 19.5. The minimum Gasteiger partial charge on any atom is -0.491 e. The highest BCUT2D eigenvalue weighted by atomic mass is 35.5. The van der Waals surface area contributed by atoms with Gasteiger partial charge in [-0.15, -0.1) is 0 Å². The van der Waals surface area contributed by atoms with Crippen molar-refractivity contribution >= 4 is 78.2 Å². The van der Waals surface area contributed by atoms with E-state index in [1.165, 1.54) is 116 Å². The third-order valence-corrected chi connectivity index (χ3v) is 15.7. The van der Waals surface area contributed by atoms with Crippen LogP contribution in [0, 0.1) is 0 Å². The Hall–Kier alpha value is -4.92. The van der Waals surface area contributed by atoms with Crippen LogP contribution in [0.4, 0.5) is 11.4 Å². The number of rotatable bonds is 30. The zero-order chi connectivity index (χ0) is 49.8. The third kappa shape index (κ3) is 11.1. The lowest BCUT2D eigenvalue weighted by Gasteiger charge is -2.24. The van der Waals surface area contributed by atoms with Crippen molar-refractivity contribution < 1.29 is 18.9 Å². The molecular weight excluding hydrogens is 936 g/mol. The Morgan fingerprint density at radius 3 is 1.15 bits per heavy atom. The summed E-state index contributed by atoms with van der Waals surface area (Å²) in [7, 11) is 0. The maximum absolute atomic E-state index is 7.60. The van der Waals surface area contributed by atoms with E-state index in [1.807, 2.05) is 0 Å². The fourth-order valence-electron chi connectivity index (χ4n) is 11.0. The van der Waals surface area contributed by atoms with Crippen molar-refractivity contribution in [2.45, 2.75) is 195 Å². The van der Waals surface area contributed by atoms with Crippen LogP contribution < -0.4 is 29.7 Å². The predicted molar refractivity (Wildman–Crippen MR) is 302 cm³/mol. The van der Waals surface area contributed by atoms with Gasteiger partial charge in [-0.2, -0.15) is 0 Å². The Morgan fingerprint density at radius 1 is 0.417 bits per heavy atom. The first-order chi connectivity index (χ1) is 35.5. The SMILES string of the molecule is CCCCCCCCOc1cc2c(c3c1N=c1c(Cl)c4c(c(Cl)c1O3)=Nc1c(OCCCCCCCC)cc3c(c1O4)c1ccccc1n3CCCCCCCC)c1ccccc1n2CCCCCCCC. The zero-order valence-corrected chi connectivity index (χ0v) is 45.3. The molecular formula is C62H78Cl2N4O4. The van der Waals surface area contributed by atoms with Gasteiger partial charge in [0, 0.05) is 47.0 Å². The number of aryl methyl sites for hydroxylation is 2. The molecule has 0 spiro atoms. The lowest BCUT2D eigenvalue weighted by atomic mass is 10.1. The minimum atomic E-state index is 0.291. The number of fused-ring (bicyclic) bond motifs is 12. The van der Waals surface area contributed by atoms with Crippen molar-refractivity contribution in [1.82, 2.24) is 9.13 Å². The van der Waals surface area contributed by atoms with Gasteiger partial charge < -0.3 is 28.1 Å². The summed E-state index contributed by atoms with van der Waals surface area (Å²) < 4.78 is 32.8. The van der Waals surface area contributed by atoms with E-state index in [1.54, 1.807) is 0 Å². The molecule has 0 aliphatic carbocycles. The molecule has 0 fully saturated rings. The van der Waals surface area contributed by atoms with Crippen LogP contribution in [0.1, 0.15) is 182 Å². The summed E-state index contributed by atoms with van der Waals surface area (Å²) in [6.07, 6.45) is 28.7. The van der Waals surface area contributed by atoms with Gasteiger partial charge in [0.2, 0.25) is 0 Å². The van der Waals surface area contributed by atoms with E-state index in [9.17, 15) is 0 Å². The van der Waals surface area contributed by atoms with Crippen molar-refractivity contribution in [2.75, 3.05) is 13.2 Å². The average molecular weight is 1010 g/mol. The van der Waals surface area contributed by atoms with E-state index in [-0.39, 0.29) is 0 Å². The van der Waals surface area contributed by atoms with E-state index in [0.29, 0.717) is 79.8 Å². The summed E-state index contributed by atoms with van der Waals surface area (Å²) in [6, 6.07) is 21.6. The molecule has 0 bridgehead atoms. The first kappa shape index (κ1) is 52.0. The Balaban J connectivity index is 1.16. The van der Waals surface area contributed by atoms with Crippen LogP contribution in [0.5, 0.6) is 34.5 Å². The topological polar surface area (TPSA) is 71.5 Å². The minimum absolute atomic E-state index is 0.291. The first-order valence-electron chi connectivity index (χ1n) is 28.2. The monoisotopic (exact) mass is 1010 g/mol. The molecule has 0 saturated carbocycles. The Bertz CT molecular complexity index is 2890. The third-order valence-electron chi connectivity index (χ3n) is 15.0. The van der Waals surface area contributed by atoms with Crippen LogP contribution in [-0.4, -0.2) is 22.3 Å². The molecule has 2 aliphatic rings. The van der Waals surface area contributed by atoms with Crippen LogP contribution in [0.25, 0.3) is 43.6 Å². The standard InChI is InChI=1S/C62H78Cl2N4O4/c1-5-9-13-17-21-29-37-67-45-35-27-25-33-43(45)51-47(67)41-49(69-39-31-23-19-15-11-7-3)55-59(51)71-61-53(63)58-62(54(64)57(61)65-55)72-60-52-44-34-26-28-36-46(44)68(38-30-22-18-14-10-6-2)48(52)42-50(56(60)66-58)70-40-32-24-20-16-12-8-4/h25-28,33-36,41-42H,5-24,29-32,37-40H2,1-4H3. The van der Waals surface area contributed by atoms with Gasteiger partial charge in [-0.25, -0.2) is 9.98 Å². The van der Waals surface area contributed by atoms with Gasteiger partial charge in [0.15, 0.2) is 34.5 Å². The number of hydrogen-bond acceptors (Lipinski definition) is 6. The molecule has 0 radical (unpaired) electrons. The number of ether oxygens (including phenoxy) is 4. The van der Waals surface area contributed by atoms with E-state index < -0.39 is 0 Å². The fourth-order valence-corrected chi connectivity index (χ4v) is 11.6. The number of para-hydroxylation sites is 2. The van der Waals surface area contributed by atoms with E-state index in [2.05, 4.69) is 97.5 Å². The Kier molecular flexibility index (Phi) is 18.3. The highest BCUT2D eigenvalue weighted by Gasteiger charge is 2.33.